The number of nitrogens with zero attached hydrogens (tertiary/aromatic N) is 1. The average molecular weight is 206 g/mol. The Morgan fingerprint density at radius 2 is 2.14 bits per heavy atom. The number of hydrogen-bond acceptors (Lipinski definition) is 3. The van der Waals surface area contributed by atoms with Crippen LogP contribution in [0.25, 0.3) is 0 Å². The quantitative estimate of drug-likeness (QED) is 0.762. The highest BCUT2D eigenvalue weighted by Gasteiger charge is 2.38. The molecule has 1 heterocycles. The zero-order valence-electron chi connectivity index (χ0n) is 7.12. The first kappa shape index (κ1) is 10.8. The molecule has 1 rings (SSSR count). The number of hydrogen-bond donors (Lipinski definition) is 2. The highest BCUT2D eigenvalue weighted by atomic mass is 19.4. The number of aliphatic hydroxyl groups excluding tert-OH is 1. The molecule has 0 aliphatic heterocycles. The molecule has 78 valence electrons. The average Bonchev–Trinajstić information content (AvgIpc) is 2.07. The van der Waals surface area contributed by atoms with Gasteiger partial charge in [0.05, 0.1) is 0 Å². The van der Waals surface area contributed by atoms with Crippen molar-refractivity contribution in [2.24, 2.45) is 0 Å². The summed E-state index contributed by atoms with van der Waals surface area (Å²) < 4.78 is 35.9. The van der Waals surface area contributed by atoms with Crippen LogP contribution in [0.5, 0.6) is 0 Å². The summed E-state index contributed by atoms with van der Waals surface area (Å²) >= 11 is 0. The fourth-order valence-corrected chi connectivity index (χ4v) is 0.933. The van der Waals surface area contributed by atoms with Gasteiger partial charge in [-0.15, -0.1) is 0 Å². The summed E-state index contributed by atoms with van der Waals surface area (Å²) in [5.41, 5.74) is 5.78. The Balaban J connectivity index is 2.75. The molecule has 1 aromatic rings. The van der Waals surface area contributed by atoms with Crippen molar-refractivity contribution in [1.82, 2.24) is 4.98 Å². The van der Waals surface area contributed by atoms with Gasteiger partial charge >= 0.3 is 6.18 Å². The topological polar surface area (TPSA) is 59.1 Å². The van der Waals surface area contributed by atoms with Crippen LogP contribution in [0, 0.1) is 0 Å². The van der Waals surface area contributed by atoms with E-state index in [0.717, 1.165) is 0 Å². The van der Waals surface area contributed by atoms with E-state index in [1.807, 2.05) is 0 Å². The molecule has 0 saturated heterocycles. The van der Waals surface area contributed by atoms with Crippen molar-refractivity contribution < 1.29 is 18.3 Å². The summed E-state index contributed by atoms with van der Waals surface area (Å²) in [6.45, 7) is 0. The first-order valence-electron chi connectivity index (χ1n) is 3.84. The van der Waals surface area contributed by atoms with Crippen molar-refractivity contribution in [2.45, 2.75) is 18.7 Å². The lowest BCUT2D eigenvalue weighted by molar-refractivity contribution is -0.203. The number of nitrogens with two attached hydrogens (primary N) is 1. The molecule has 0 aromatic carbocycles. The van der Waals surface area contributed by atoms with E-state index in [-0.39, 0.29) is 11.3 Å². The predicted octanol–water partition coefficient (Wildman–Crippen LogP) is 1.13. The smallest absolute Gasteiger partial charge is 0.398 e. The summed E-state index contributed by atoms with van der Waals surface area (Å²) in [5, 5.41) is 8.76. The fraction of sp³-hybridized carbons (Fsp3) is 0.375. The number of anilines is 1. The van der Waals surface area contributed by atoms with Gasteiger partial charge in [0.15, 0.2) is 6.10 Å². The van der Waals surface area contributed by atoms with E-state index < -0.39 is 18.7 Å². The van der Waals surface area contributed by atoms with Gasteiger partial charge in [-0.2, -0.15) is 13.2 Å². The molecule has 3 N–H and O–H groups in total. The Bertz CT molecular complexity index is 314. The lowest BCUT2D eigenvalue weighted by Gasteiger charge is -2.14. The van der Waals surface area contributed by atoms with Crippen LogP contribution in [0.2, 0.25) is 0 Å². The number of nitrogen functional groups attached to an aromatic ring is 1. The van der Waals surface area contributed by atoms with Crippen molar-refractivity contribution in [1.29, 1.82) is 0 Å². The Morgan fingerprint density at radius 3 is 2.64 bits per heavy atom. The standard InChI is InChI=1S/C8H9F3N2O/c9-8(10,11)7(14)3-5-4-13-2-1-6(5)12/h1-2,4,7,14H,3H2,(H2,12,13)/t7-/m1/s1. The maximum Gasteiger partial charge on any atom is 0.414 e. The molecule has 14 heavy (non-hydrogen) atoms. The molecular weight excluding hydrogens is 197 g/mol. The van der Waals surface area contributed by atoms with Crippen molar-refractivity contribution >= 4 is 5.69 Å². The van der Waals surface area contributed by atoms with Crippen molar-refractivity contribution in [2.75, 3.05) is 5.73 Å². The number of aliphatic hydroxyl groups is 1. The van der Waals surface area contributed by atoms with Gasteiger partial charge in [0.25, 0.3) is 0 Å². The van der Waals surface area contributed by atoms with Crippen LogP contribution in [0.3, 0.4) is 0 Å². The highest BCUT2D eigenvalue weighted by Crippen LogP contribution is 2.24. The summed E-state index contributed by atoms with van der Waals surface area (Å²) in [7, 11) is 0. The molecule has 0 aliphatic rings. The molecule has 0 radical (unpaired) electrons. The van der Waals surface area contributed by atoms with Crippen molar-refractivity contribution in [3.63, 3.8) is 0 Å². The summed E-state index contributed by atoms with van der Waals surface area (Å²) in [6.07, 6.45) is -5.00. The van der Waals surface area contributed by atoms with E-state index in [0.29, 0.717) is 0 Å². The predicted molar refractivity (Wildman–Crippen MR) is 44.4 cm³/mol. The second kappa shape index (κ2) is 3.83. The van der Waals surface area contributed by atoms with Gasteiger partial charge in [-0.1, -0.05) is 0 Å². The molecule has 6 heteroatoms. The summed E-state index contributed by atoms with van der Waals surface area (Å²) in [5.74, 6) is 0. The first-order chi connectivity index (χ1) is 6.41. The third kappa shape index (κ3) is 2.59. The van der Waals surface area contributed by atoms with Crippen LogP contribution in [-0.4, -0.2) is 22.4 Å². The van der Waals surface area contributed by atoms with Crippen LogP contribution in [-0.2, 0) is 6.42 Å². The number of halogens is 3. The van der Waals surface area contributed by atoms with Gasteiger partial charge in [-0.25, -0.2) is 0 Å². The van der Waals surface area contributed by atoms with E-state index in [4.69, 9.17) is 10.8 Å². The molecule has 0 saturated carbocycles. The monoisotopic (exact) mass is 206 g/mol. The maximum absolute atomic E-state index is 12.0. The minimum atomic E-state index is -4.62. The largest absolute Gasteiger partial charge is 0.414 e. The molecule has 0 unspecified atom stereocenters. The lowest BCUT2D eigenvalue weighted by Crippen LogP contribution is -2.30. The molecule has 0 aliphatic carbocycles. The Labute approximate surface area is 78.4 Å². The summed E-state index contributed by atoms with van der Waals surface area (Å²) in [6, 6.07) is 1.39. The molecule has 0 bridgehead atoms. The minimum absolute atomic E-state index is 0.192. The van der Waals surface area contributed by atoms with Crippen LogP contribution < -0.4 is 5.73 Å². The first-order valence-corrected chi connectivity index (χ1v) is 3.84. The van der Waals surface area contributed by atoms with E-state index in [9.17, 15) is 13.2 Å². The van der Waals surface area contributed by atoms with Crippen LogP contribution in [0.15, 0.2) is 18.5 Å². The van der Waals surface area contributed by atoms with Crippen molar-refractivity contribution in [3.8, 4) is 0 Å². The Kier molecular flexibility index (Phi) is 2.95. The molecule has 3 nitrogen and oxygen atoms in total. The number of aromatic nitrogens is 1. The second-order valence-corrected chi connectivity index (χ2v) is 2.84. The van der Waals surface area contributed by atoms with E-state index in [2.05, 4.69) is 4.98 Å². The molecular formula is C8H9F3N2O. The Morgan fingerprint density at radius 1 is 1.50 bits per heavy atom. The van der Waals surface area contributed by atoms with E-state index >= 15 is 0 Å². The van der Waals surface area contributed by atoms with Gasteiger partial charge in [0.2, 0.25) is 0 Å². The molecule has 0 spiro atoms. The lowest BCUT2D eigenvalue weighted by atomic mass is 10.1. The van der Waals surface area contributed by atoms with Gasteiger partial charge in [0, 0.05) is 24.5 Å². The van der Waals surface area contributed by atoms with Gasteiger partial charge < -0.3 is 10.8 Å². The zero-order valence-corrected chi connectivity index (χ0v) is 7.12. The highest BCUT2D eigenvalue weighted by molar-refractivity contribution is 5.44. The SMILES string of the molecule is Nc1ccncc1C[C@@H](O)C(F)(F)F. The number of rotatable bonds is 2. The Hall–Kier alpha value is -1.30. The molecule has 0 fully saturated rings. The normalized spacial score (nSPS) is 14.0. The van der Waals surface area contributed by atoms with E-state index in [1.54, 1.807) is 0 Å². The van der Waals surface area contributed by atoms with Crippen LogP contribution in [0.4, 0.5) is 18.9 Å². The van der Waals surface area contributed by atoms with Crippen molar-refractivity contribution in [3.05, 3.63) is 24.0 Å². The minimum Gasteiger partial charge on any atom is -0.398 e. The van der Waals surface area contributed by atoms with Gasteiger partial charge in [-0.05, 0) is 11.6 Å². The maximum atomic E-state index is 12.0. The van der Waals surface area contributed by atoms with Crippen LogP contribution >= 0.6 is 0 Å². The number of alkyl halides is 3. The molecule has 1 aromatic heterocycles. The van der Waals surface area contributed by atoms with Gasteiger partial charge in [0.1, 0.15) is 0 Å². The second-order valence-electron chi connectivity index (χ2n) is 2.84. The van der Waals surface area contributed by atoms with Gasteiger partial charge in [-0.3, -0.25) is 4.98 Å². The van der Waals surface area contributed by atoms with Crippen LogP contribution in [0.1, 0.15) is 5.56 Å². The third-order valence-electron chi connectivity index (χ3n) is 1.73. The third-order valence-corrected chi connectivity index (χ3v) is 1.73. The molecule has 0 amide bonds. The number of pyridine rings is 1. The summed E-state index contributed by atoms with van der Waals surface area (Å²) in [4.78, 5) is 3.62. The fourth-order valence-electron chi connectivity index (χ4n) is 0.933. The molecule has 1 atom stereocenters. The van der Waals surface area contributed by atoms with E-state index in [1.165, 1.54) is 18.5 Å². The zero-order chi connectivity index (χ0) is 10.8.